The van der Waals surface area contributed by atoms with Gasteiger partial charge in [0.05, 0.1) is 5.56 Å². The molecule has 1 heterocycles. The van der Waals surface area contributed by atoms with E-state index in [1.165, 1.54) is 12.1 Å². The Morgan fingerprint density at radius 1 is 1.13 bits per heavy atom. The molecule has 0 aliphatic carbocycles. The first-order valence-electron chi connectivity index (χ1n) is 5.80. The minimum atomic E-state index is -6.20. The summed E-state index contributed by atoms with van der Waals surface area (Å²) in [5.74, 6) is -2.46. The number of alkyl halides is 6. The van der Waals surface area contributed by atoms with Crippen molar-refractivity contribution in [3.8, 4) is 5.75 Å². The number of hydrogen-bond acceptors (Lipinski definition) is 4. The largest absolute Gasteiger partial charge is 0.433 e. The van der Waals surface area contributed by atoms with E-state index in [0.29, 0.717) is 7.11 Å². The molecular weight excluding hydrogens is 355 g/mol. The van der Waals surface area contributed by atoms with Crippen LogP contribution in [0.3, 0.4) is 0 Å². The van der Waals surface area contributed by atoms with Crippen LogP contribution in [0.1, 0.15) is 10.4 Å². The lowest BCUT2D eigenvalue weighted by atomic mass is 10.1. The van der Waals surface area contributed by atoms with Crippen LogP contribution in [0, 0.1) is 0 Å². The molecule has 5 nitrogen and oxygen atoms in total. The van der Waals surface area contributed by atoms with E-state index in [1.54, 1.807) is 0 Å². The van der Waals surface area contributed by atoms with E-state index in [2.05, 4.69) is 9.05 Å². The number of hydrogen-bond donors (Lipinski definition) is 1. The third-order valence-electron chi connectivity index (χ3n) is 3.12. The van der Waals surface area contributed by atoms with Gasteiger partial charge in [0, 0.05) is 7.11 Å². The molecular formula is C11H8F6NO4P. The number of rotatable bonds is 1. The van der Waals surface area contributed by atoms with Crippen molar-refractivity contribution < 1.29 is 44.7 Å². The Bertz CT molecular complexity index is 672. The molecule has 2 rings (SSSR count). The van der Waals surface area contributed by atoms with Crippen LogP contribution in [0.15, 0.2) is 24.3 Å². The van der Waals surface area contributed by atoms with Gasteiger partial charge in [0.2, 0.25) is 0 Å². The lowest BCUT2D eigenvalue weighted by Gasteiger charge is -2.38. The van der Waals surface area contributed by atoms with Crippen molar-refractivity contribution >= 4 is 13.5 Å². The Morgan fingerprint density at radius 3 is 2.13 bits per heavy atom. The fourth-order valence-corrected chi connectivity index (χ4v) is 3.78. The zero-order valence-electron chi connectivity index (χ0n) is 11.2. The summed E-state index contributed by atoms with van der Waals surface area (Å²) >= 11 is 0. The van der Waals surface area contributed by atoms with E-state index >= 15 is 0 Å². The lowest BCUT2D eigenvalue weighted by Crippen LogP contribution is -2.67. The molecule has 0 saturated carbocycles. The van der Waals surface area contributed by atoms with Crippen LogP contribution in [0.5, 0.6) is 5.75 Å². The molecule has 0 radical (unpaired) electrons. The summed E-state index contributed by atoms with van der Waals surface area (Å²) in [4.78, 5) is 11.9. The highest BCUT2D eigenvalue weighted by Crippen LogP contribution is 2.69. The van der Waals surface area contributed by atoms with Gasteiger partial charge < -0.3 is 14.4 Å². The lowest BCUT2D eigenvalue weighted by molar-refractivity contribution is -0.277. The number of benzene rings is 1. The smallest absolute Gasteiger partial charge is 0.422 e. The van der Waals surface area contributed by atoms with Crippen LogP contribution in [0.2, 0.25) is 0 Å². The van der Waals surface area contributed by atoms with E-state index in [-0.39, 0.29) is 0 Å². The second kappa shape index (κ2) is 5.13. The summed E-state index contributed by atoms with van der Waals surface area (Å²) in [7, 11) is -5.61. The number of amides is 1. The van der Waals surface area contributed by atoms with Crippen molar-refractivity contribution in [2.45, 2.75) is 17.6 Å². The van der Waals surface area contributed by atoms with E-state index in [0.717, 1.165) is 17.4 Å². The van der Waals surface area contributed by atoms with Gasteiger partial charge in [-0.3, -0.25) is 4.79 Å². The summed E-state index contributed by atoms with van der Waals surface area (Å²) in [6.45, 7) is 0. The minimum Gasteiger partial charge on any atom is -0.422 e. The molecule has 1 N–H and O–H groups in total. The first-order chi connectivity index (χ1) is 10.4. The van der Waals surface area contributed by atoms with Gasteiger partial charge in [0.15, 0.2) is 0 Å². The average molecular weight is 363 g/mol. The van der Waals surface area contributed by atoms with Crippen molar-refractivity contribution in [3.05, 3.63) is 29.8 Å². The van der Waals surface area contributed by atoms with Crippen molar-refractivity contribution in [1.29, 1.82) is 0 Å². The Hall–Kier alpha value is -1.74. The summed E-state index contributed by atoms with van der Waals surface area (Å²) < 4.78 is 101. The second-order valence-corrected chi connectivity index (χ2v) is 6.64. The maximum Gasteiger partial charge on any atom is 0.433 e. The standard InChI is InChI=1S/C11H8F6NO4P/c1-21-23(20)9(10(12,13)14,11(15,16)17)18-8(19)6-4-2-3-5-7(6)22-23/h2-5H,1H3,(H,18,19). The number of para-hydroxylation sites is 1. The Kier molecular flexibility index (Phi) is 3.93. The zero-order valence-corrected chi connectivity index (χ0v) is 12.1. The van der Waals surface area contributed by atoms with Crippen LogP contribution in [0.4, 0.5) is 26.3 Å². The molecule has 0 spiro atoms. The van der Waals surface area contributed by atoms with Crippen molar-refractivity contribution in [2.75, 3.05) is 7.11 Å². The fourth-order valence-electron chi connectivity index (χ4n) is 2.02. The van der Waals surface area contributed by atoms with Crippen LogP contribution >= 0.6 is 7.60 Å². The molecule has 1 atom stereocenters. The van der Waals surface area contributed by atoms with E-state index in [1.807, 2.05) is 0 Å². The molecule has 0 bridgehead atoms. The maximum absolute atomic E-state index is 13.3. The first-order valence-corrected chi connectivity index (χ1v) is 7.34. The highest BCUT2D eigenvalue weighted by Gasteiger charge is 2.84. The van der Waals surface area contributed by atoms with E-state index in [9.17, 15) is 35.7 Å². The van der Waals surface area contributed by atoms with Crippen LogP contribution in [-0.2, 0) is 9.09 Å². The topological polar surface area (TPSA) is 64.6 Å². The summed E-state index contributed by atoms with van der Waals surface area (Å²) in [6, 6.07) is 4.20. The number of halogens is 6. The summed E-state index contributed by atoms with van der Waals surface area (Å²) in [6.07, 6.45) is -12.4. The average Bonchev–Trinajstić information content (AvgIpc) is 2.52. The van der Waals surface area contributed by atoms with Gasteiger partial charge in [-0.05, 0) is 12.1 Å². The molecule has 23 heavy (non-hydrogen) atoms. The number of carbonyl (C=O) groups excluding carboxylic acids is 1. The Morgan fingerprint density at radius 2 is 1.65 bits per heavy atom. The monoisotopic (exact) mass is 363 g/mol. The SMILES string of the molecule is COP1(=O)Oc2ccccc2C(=O)NC1(C(F)(F)F)C(F)(F)F. The van der Waals surface area contributed by atoms with Gasteiger partial charge in [-0.25, -0.2) is 4.57 Å². The van der Waals surface area contributed by atoms with Gasteiger partial charge in [0.25, 0.3) is 5.91 Å². The van der Waals surface area contributed by atoms with Crippen molar-refractivity contribution in [2.24, 2.45) is 0 Å². The zero-order chi connectivity index (χ0) is 17.7. The predicted octanol–water partition coefficient (Wildman–Crippen LogP) is 3.47. The molecule has 1 aromatic rings. The highest BCUT2D eigenvalue weighted by atomic mass is 31.2. The molecule has 1 aliphatic rings. The van der Waals surface area contributed by atoms with E-state index < -0.39 is 42.4 Å². The fraction of sp³-hybridized carbons (Fsp3) is 0.364. The molecule has 1 aliphatic heterocycles. The first kappa shape index (κ1) is 17.6. The number of nitrogens with one attached hydrogen (secondary N) is 1. The molecule has 0 aromatic heterocycles. The second-order valence-electron chi connectivity index (χ2n) is 4.43. The number of fused-ring (bicyclic) bond motifs is 1. The third kappa shape index (κ3) is 2.38. The normalized spacial score (nSPS) is 24.2. The molecule has 1 unspecified atom stereocenters. The van der Waals surface area contributed by atoms with Gasteiger partial charge in [-0.15, -0.1) is 0 Å². The molecule has 0 fully saturated rings. The molecule has 128 valence electrons. The number of carbonyl (C=O) groups is 1. The van der Waals surface area contributed by atoms with Crippen LogP contribution in [-0.4, -0.2) is 30.6 Å². The molecule has 1 aromatic carbocycles. The molecule has 12 heteroatoms. The Balaban J connectivity index is 2.83. The third-order valence-corrected chi connectivity index (χ3v) is 5.47. The van der Waals surface area contributed by atoms with Gasteiger partial charge in [0.1, 0.15) is 5.75 Å². The maximum atomic E-state index is 13.3. The van der Waals surface area contributed by atoms with Crippen molar-refractivity contribution in [1.82, 2.24) is 5.32 Å². The highest BCUT2D eigenvalue weighted by molar-refractivity contribution is 7.56. The quantitative estimate of drug-likeness (QED) is 0.613. The predicted molar refractivity (Wildman–Crippen MR) is 64.0 cm³/mol. The van der Waals surface area contributed by atoms with Gasteiger partial charge in [-0.2, -0.15) is 26.3 Å². The van der Waals surface area contributed by atoms with Crippen LogP contribution < -0.4 is 9.84 Å². The van der Waals surface area contributed by atoms with Crippen LogP contribution in [0.25, 0.3) is 0 Å². The Labute approximate surface area is 125 Å². The summed E-state index contributed by atoms with van der Waals surface area (Å²) in [5.41, 5.74) is -0.639. The summed E-state index contributed by atoms with van der Waals surface area (Å²) in [5, 5.41) is -4.43. The van der Waals surface area contributed by atoms with Crippen molar-refractivity contribution in [3.63, 3.8) is 0 Å². The minimum absolute atomic E-state index is 0.368. The van der Waals surface area contributed by atoms with Gasteiger partial charge >= 0.3 is 25.2 Å². The molecule has 0 saturated heterocycles. The van der Waals surface area contributed by atoms with E-state index in [4.69, 9.17) is 0 Å². The molecule has 1 amide bonds. The van der Waals surface area contributed by atoms with Gasteiger partial charge in [-0.1, -0.05) is 12.1 Å².